The predicted molar refractivity (Wildman–Crippen MR) is 145 cm³/mol. The van der Waals surface area contributed by atoms with Gasteiger partial charge in [0.1, 0.15) is 0 Å². The van der Waals surface area contributed by atoms with Gasteiger partial charge in [-0.25, -0.2) is 13.2 Å². The van der Waals surface area contributed by atoms with Gasteiger partial charge < -0.3 is 10.6 Å². The number of piperidine rings is 2. The van der Waals surface area contributed by atoms with Crippen LogP contribution in [0.25, 0.3) is 11.6 Å². The Bertz CT molecular complexity index is 1270. The van der Waals surface area contributed by atoms with Gasteiger partial charge in [0.2, 0.25) is 11.8 Å². The Balaban J connectivity index is 1.16. The molecule has 2 aromatic carbocycles. The first-order valence-corrected chi connectivity index (χ1v) is 13.7. The average molecular weight is 538 g/mol. The van der Waals surface area contributed by atoms with Gasteiger partial charge >= 0.3 is 0 Å². The van der Waals surface area contributed by atoms with E-state index in [2.05, 4.69) is 35.2 Å². The van der Waals surface area contributed by atoms with Crippen LogP contribution < -0.4 is 5.73 Å². The number of primary amides is 1. The van der Waals surface area contributed by atoms with Gasteiger partial charge in [0.05, 0.1) is 6.04 Å². The Hall–Kier alpha value is -3.39. The van der Waals surface area contributed by atoms with Crippen molar-refractivity contribution >= 4 is 23.5 Å². The van der Waals surface area contributed by atoms with Gasteiger partial charge in [-0.3, -0.25) is 14.5 Å². The van der Waals surface area contributed by atoms with Crippen molar-refractivity contribution in [3.63, 3.8) is 0 Å². The summed E-state index contributed by atoms with van der Waals surface area (Å²) in [6, 6.07) is 9.97. The van der Waals surface area contributed by atoms with Crippen molar-refractivity contribution in [2.24, 2.45) is 17.6 Å². The van der Waals surface area contributed by atoms with Crippen LogP contribution >= 0.6 is 0 Å². The van der Waals surface area contributed by atoms with Gasteiger partial charge in [-0.15, -0.1) is 0 Å². The van der Waals surface area contributed by atoms with E-state index in [4.69, 9.17) is 5.73 Å². The van der Waals surface area contributed by atoms with E-state index in [0.29, 0.717) is 31.8 Å². The van der Waals surface area contributed by atoms with Gasteiger partial charge in [0.25, 0.3) is 0 Å². The first-order chi connectivity index (χ1) is 18.8. The summed E-state index contributed by atoms with van der Waals surface area (Å²) in [4.78, 5) is 29.1. The largest absolute Gasteiger partial charge is 0.368 e. The second kappa shape index (κ2) is 11.8. The van der Waals surface area contributed by atoms with Crippen LogP contribution in [0.4, 0.5) is 13.2 Å². The SMILES string of the molecule is NC(=O)[C@H](C1CCN(C(=O)/C=C/c2cc(F)c(F)c(F)c2)CC1)N1CCC(C2=CCCc3ccccc32)CC1. The quantitative estimate of drug-likeness (QED) is 0.419. The molecular formula is C31H34F3N3O2. The maximum Gasteiger partial charge on any atom is 0.246 e. The van der Waals surface area contributed by atoms with E-state index in [1.165, 1.54) is 28.9 Å². The lowest BCUT2D eigenvalue weighted by atomic mass is 9.78. The number of hydrogen-bond acceptors (Lipinski definition) is 3. The van der Waals surface area contributed by atoms with Crippen LogP contribution in [0.1, 0.15) is 48.8 Å². The number of nitrogens with zero attached hydrogens (tertiary/aromatic N) is 2. The number of rotatable bonds is 6. The second-order valence-corrected chi connectivity index (χ2v) is 10.8. The van der Waals surface area contributed by atoms with E-state index in [9.17, 15) is 22.8 Å². The molecule has 0 bridgehead atoms. The number of carbonyl (C=O) groups is 2. The summed E-state index contributed by atoms with van der Waals surface area (Å²) in [6.45, 7) is 2.54. The minimum absolute atomic E-state index is 0.0574. The number of amides is 2. The Morgan fingerprint density at radius 1 is 0.949 bits per heavy atom. The molecular weight excluding hydrogens is 503 g/mol. The molecule has 1 atom stereocenters. The fourth-order valence-corrected chi connectivity index (χ4v) is 6.48. The lowest BCUT2D eigenvalue weighted by molar-refractivity contribution is -0.129. The second-order valence-electron chi connectivity index (χ2n) is 10.8. The van der Waals surface area contributed by atoms with Gasteiger partial charge in [-0.2, -0.15) is 0 Å². The van der Waals surface area contributed by atoms with Crippen LogP contribution in [-0.4, -0.2) is 53.8 Å². The molecule has 0 unspecified atom stereocenters. The van der Waals surface area contributed by atoms with Crippen LogP contribution in [0.5, 0.6) is 0 Å². The molecule has 0 saturated carbocycles. The van der Waals surface area contributed by atoms with Crippen LogP contribution in [0.3, 0.4) is 0 Å². The molecule has 2 amide bonds. The highest BCUT2D eigenvalue weighted by molar-refractivity contribution is 5.92. The summed E-state index contributed by atoms with van der Waals surface area (Å²) < 4.78 is 40.1. The van der Waals surface area contributed by atoms with E-state index in [1.54, 1.807) is 4.90 Å². The van der Waals surface area contributed by atoms with Gasteiger partial charge in [-0.05, 0) is 104 Å². The van der Waals surface area contributed by atoms with Gasteiger partial charge in [-0.1, -0.05) is 30.3 Å². The summed E-state index contributed by atoms with van der Waals surface area (Å²) in [7, 11) is 0. The van der Waals surface area contributed by atoms with Crippen LogP contribution in [0.15, 0.2) is 48.6 Å². The van der Waals surface area contributed by atoms with Crippen molar-refractivity contribution in [1.82, 2.24) is 9.80 Å². The summed E-state index contributed by atoms with van der Waals surface area (Å²) >= 11 is 0. The van der Waals surface area contributed by atoms with E-state index < -0.39 is 17.5 Å². The van der Waals surface area contributed by atoms with Crippen molar-refractivity contribution < 1.29 is 22.8 Å². The Morgan fingerprint density at radius 2 is 1.62 bits per heavy atom. The molecule has 2 aliphatic heterocycles. The summed E-state index contributed by atoms with van der Waals surface area (Å²) in [5.41, 5.74) is 10.2. The average Bonchev–Trinajstić information content (AvgIpc) is 2.95. The first kappa shape index (κ1) is 27.2. The lowest BCUT2D eigenvalue weighted by Gasteiger charge is -2.43. The van der Waals surface area contributed by atoms with Gasteiger partial charge in [0.15, 0.2) is 17.5 Å². The molecule has 3 aliphatic rings. The molecule has 2 fully saturated rings. The number of carbonyl (C=O) groups excluding carboxylic acids is 2. The first-order valence-electron chi connectivity index (χ1n) is 13.7. The van der Waals surface area contributed by atoms with Crippen LogP contribution in [0.2, 0.25) is 0 Å². The minimum atomic E-state index is -1.54. The zero-order chi connectivity index (χ0) is 27.5. The minimum Gasteiger partial charge on any atom is -0.368 e. The Morgan fingerprint density at radius 3 is 2.28 bits per heavy atom. The van der Waals surface area contributed by atoms with Crippen molar-refractivity contribution in [3.05, 3.63) is 82.7 Å². The molecule has 206 valence electrons. The Labute approximate surface area is 227 Å². The number of fused-ring (bicyclic) bond motifs is 1. The smallest absolute Gasteiger partial charge is 0.246 e. The summed E-state index contributed by atoms with van der Waals surface area (Å²) in [6.07, 6.45) is 10.3. The summed E-state index contributed by atoms with van der Waals surface area (Å²) in [5.74, 6) is -4.22. The molecule has 2 aromatic rings. The van der Waals surface area contributed by atoms with Crippen LogP contribution in [0, 0.1) is 29.3 Å². The van der Waals surface area contributed by atoms with Crippen molar-refractivity contribution in [2.75, 3.05) is 26.2 Å². The maximum atomic E-state index is 13.4. The number of benzene rings is 2. The molecule has 2 heterocycles. The highest BCUT2D eigenvalue weighted by Crippen LogP contribution is 2.38. The van der Waals surface area contributed by atoms with E-state index in [1.807, 2.05) is 0 Å². The van der Waals surface area contributed by atoms with E-state index >= 15 is 0 Å². The molecule has 2 N–H and O–H groups in total. The van der Waals surface area contributed by atoms with Crippen LogP contribution in [-0.2, 0) is 16.0 Å². The normalized spacial score (nSPS) is 20.1. The predicted octanol–water partition coefficient (Wildman–Crippen LogP) is 4.95. The summed E-state index contributed by atoms with van der Waals surface area (Å²) in [5, 5.41) is 0. The number of halogens is 3. The fourth-order valence-electron chi connectivity index (χ4n) is 6.48. The molecule has 0 radical (unpaired) electrons. The molecule has 5 rings (SSSR count). The zero-order valence-electron chi connectivity index (χ0n) is 21.9. The molecule has 1 aliphatic carbocycles. The molecule has 8 heteroatoms. The number of likely N-dealkylation sites (tertiary alicyclic amines) is 2. The van der Waals surface area contributed by atoms with E-state index in [0.717, 1.165) is 50.9 Å². The third-order valence-electron chi connectivity index (χ3n) is 8.48. The molecule has 2 saturated heterocycles. The highest BCUT2D eigenvalue weighted by Gasteiger charge is 2.37. The van der Waals surface area contributed by atoms with Crippen molar-refractivity contribution in [1.29, 1.82) is 0 Å². The molecule has 39 heavy (non-hydrogen) atoms. The monoisotopic (exact) mass is 537 g/mol. The maximum absolute atomic E-state index is 13.4. The zero-order valence-corrected chi connectivity index (χ0v) is 21.9. The molecule has 5 nitrogen and oxygen atoms in total. The number of nitrogens with two attached hydrogens (primary N) is 1. The Kier molecular flexibility index (Phi) is 8.21. The lowest BCUT2D eigenvalue weighted by Crippen LogP contribution is -2.54. The third kappa shape index (κ3) is 5.96. The molecule has 0 aromatic heterocycles. The fraction of sp³-hybridized carbons (Fsp3) is 0.419. The van der Waals surface area contributed by atoms with Crippen molar-refractivity contribution in [3.8, 4) is 0 Å². The topological polar surface area (TPSA) is 66.6 Å². The number of allylic oxidation sites excluding steroid dienone is 2. The van der Waals surface area contributed by atoms with Gasteiger partial charge in [0, 0.05) is 19.2 Å². The highest BCUT2D eigenvalue weighted by atomic mass is 19.2. The number of hydrogen-bond donors (Lipinski definition) is 1. The number of aryl methyl sites for hydroxylation is 1. The van der Waals surface area contributed by atoms with Crippen molar-refractivity contribution in [2.45, 2.75) is 44.6 Å². The van der Waals surface area contributed by atoms with E-state index in [-0.39, 0.29) is 29.3 Å². The third-order valence-corrected chi connectivity index (χ3v) is 8.48. The molecule has 0 spiro atoms. The standard InChI is InChI=1S/C31H34F3N3O2/c32-26-18-20(19-27(33)29(26)34)8-9-28(38)36-14-12-23(13-15-36)30(31(35)39)37-16-10-22(11-17-37)25-7-3-5-21-4-1-2-6-24(21)25/h1-2,4,6-9,18-19,22-23,30H,3,5,10-17H2,(H2,35,39)/b9-8+/t30-/m0/s1.